The van der Waals surface area contributed by atoms with Crippen molar-refractivity contribution < 1.29 is 24.3 Å². The van der Waals surface area contributed by atoms with Gasteiger partial charge in [0.15, 0.2) is 0 Å². The van der Waals surface area contributed by atoms with Crippen LogP contribution in [0.15, 0.2) is 0 Å². The summed E-state index contributed by atoms with van der Waals surface area (Å²) < 4.78 is 9.84. The number of carbonyl (C=O) groups excluding carboxylic acids is 1. The standard InChI is InChI=1S/C11H24BNO5/c1-10(2,15)11(3,4)18-12(16)8(13)6-7-9(14)17-5/h8,15-16H,6-7,13H2,1-5H3. The van der Waals surface area contributed by atoms with E-state index in [1.54, 1.807) is 27.7 Å². The molecule has 0 saturated heterocycles. The van der Waals surface area contributed by atoms with E-state index in [4.69, 9.17) is 10.4 Å². The molecule has 0 fully saturated rings. The fourth-order valence-corrected chi connectivity index (χ4v) is 1.06. The fraction of sp³-hybridized carbons (Fsp3) is 0.909. The maximum atomic E-state index is 10.9. The lowest BCUT2D eigenvalue weighted by atomic mass is 9.74. The summed E-state index contributed by atoms with van der Waals surface area (Å²) in [7, 11) is 0.0362. The molecule has 1 atom stereocenters. The highest BCUT2D eigenvalue weighted by Gasteiger charge is 2.40. The molecule has 0 aliphatic heterocycles. The number of nitrogens with two attached hydrogens (primary N) is 1. The first kappa shape index (κ1) is 17.4. The summed E-state index contributed by atoms with van der Waals surface area (Å²) in [6.45, 7) is 6.48. The first-order valence-electron chi connectivity index (χ1n) is 5.92. The summed E-state index contributed by atoms with van der Waals surface area (Å²) in [6.07, 6.45) is 0.358. The lowest BCUT2D eigenvalue weighted by Gasteiger charge is -2.39. The second kappa shape index (κ2) is 6.52. The molecule has 0 spiro atoms. The van der Waals surface area contributed by atoms with Gasteiger partial charge in [-0.1, -0.05) is 0 Å². The zero-order valence-corrected chi connectivity index (χ0v) is 11.8. The van der Waals surface area contributed by atoms with E-state index in [9.17, 15) is 14.9 Å². The molecule has 7 heteroatoms. The Morgan fingerprint density at radius 1 is 1.39 bits per heavy atom. The van der Waals surface area contributed by atoms with E-state index in [1.807, 2.05) is 0 Å². The van der Waals surface area contributed by atoms with Crippen molar-refractivity contribution in [3.05, 3.63) is 0 Å². The van der Waals surface area contributed by atoms with Crippen LogP contribution in [0.2, 0.25) is 0 Å². The summed E-state index contributed by atoms with van der Waals surface area (Å²) in [5.41, 5.74) is 3.61. The molecule has 0 bridgehead atoms. The molecule has 4 N–H and O–H groups in total. The van der Waals surface area contributed by atoms with Crippen molar-refractivity contribution in [1.29, 1.82) is 0 Å². The van der Waals surface area contributed by atoms with E-state index in [2.05, 4.69) is 4.74 Å². The van der Waals surface area contributed by atoms with Gasteiger partial charge in [0, 0.05) is 12.4 Å². The molecule has 0 radical (unpaired) electrons. The van der Waals surface area contributed by atoms with Crippen molar-refractivity contribution in [2.75, 3.05) is 7.11 Å². The minimum absolute atomic E-state index is 0.112. The van der Waals surface area contributed by atoms with Gasteiger partial charge >= 0.3 is 13.1 Å². The second-order valence-electron chi connectivity index (χ2n) is 5.36. The third kappa shape index (κ3) is 5.35. The number of methoxy groups -OCH3 is 1. The highest BCUT2D eigenvalue weighted by Crippen LogP contribution is 2.25. The van der Waals surface area contributed by atoms with Crippen molar-refractivity contribution in [2.24, 2.45) is 5.73 Å². The van der Waals surface area contributed by atoms with Gasteiger partial charge in [-0.15, -0.1) is 0 Å². The van der Waals surface area contributed by atoms with E-state index in [0.29, 0.717) is 0 Å². The van der Waals surface area contributed by atoms with Crippen LogP contribution in [0.4, 0.5) is 0 Å². The van der Waals surface area contributed by atoms with Crippen molar-refractivity contribution in [2.45, 2.75) is 57.7 Å². The summed E-state index contributed by atoms with van der Waals surface area (Å²) in [5, 5.41) is 19.7. The van der Waals surface area contributed by atoms with Crippen LogP contribution in [-0.4, -0.2) is 47.5 Å². The minimum Gasteiger partial charge on any atom is -0.469 e. The maximum absolute atomic E-state index is 10.9. The monoisotopic (exact) mass is 261 g/mol. The molecule has 0 saturated carbocycles. The van der Waals surface area contributed by atoms with Gasteiger partial charge in [-0.25, -0.2) is 0 Å². The number of rotatable bonds is 7. The van der Waals surface area contributed by atoms with Crippen molar-refractivity contribution in [3.8, 4) is 0 Å². The molecular formula is C11H24BNO5. The topological polar surface area (TPSA) is 102 Å². The average molecular weight is 261 g/mol. The van der Waals surface area contributed by atoms with Crippen LogP contribution in [0, 0.1) is 0 Å². The predicted octanol–water partition coefficient (Wildman–Crippen LogP) is -0.147. The van der Waals surface area contributed by atoms with Crippen LogP contribution in [0.3, 0.4) is 0 Å². The van der Waals surface area contributed by atoms with Gasteiger partial charge in [0.25, 0.3) is 0 Å². The van der Waals surface area contributed by atoms with Crippen molar-refractivity contribution in [3.63, 3.8) is 0 Å². The van der Waals surface area contributed by atoms with Gasteiger partial charge in [0.05, 0.1) is 18.3 Å². The molecule has 18 heavy (non-hydrogen) atoms. The Morgan fingerprint density at radius 3 is 2.28 bits per heavy atom. The number of carbonyl (C=O) groups is 1. The Balaban J connectivity index is 4.32. The molecule has 0 aromatic rings. The number of hydrogen-bond donors (Lipinski definition) is 3. The number of aliphatic hydroxyl groups is 1. The smallest absolute Gasteiger partial charge is 0.469 e. The van der Waals surface area contributed by atoms with Crippen LogP contribution >= 0.6 is 0 Å². The predicted molar refractivity (Wildman–Crippen MR) is 68.7 cm³/mol. The molecule has 0 aliphatic rings. The van der Waals surface area contributed by atoms with Gasteiger partial charge in [0.2, 0.25) is 0 Å². The number of ether oxygens (including phenoxy) is 1. The van der Waals surface area contributed by atoms with E-state index in [1.165, 1.54) is 7.11 Å². The second-order valence-corrected chi connectivity index (χ2v) is 5.36. The Kier molecular flexibility index (Phi) is 6.29. The molecule has 0 aromatic carbocycles. The average Bonchev–Trinajstić information content (AvgIpc) is 2.22. The van der Waals surface area contributed by atoms with Gasteiger partial charge in [-0.05, 0) is 34.1 Å². The summed E-state index contributed by atoms with van der Waals surface area (Å²) >= 11 is 0. The van der Waals surface area contributed by atoms with Crippen LogP contribution in [0.5, 0.6) is 0 Å². The molecule has 106 valence electrons. The molecule has 0 aliphatic carbocycles. The van der Waals surface area contributed by atoms with Gasteiger partial charge in [0.1, 0.15) is 0 Å². The quantitative estimate of drug-likeness (QED) is 0.435. The number of esters is 1. The minimum atomic E-state index is -1.25. The highest BCUT2D eigenvalue weighted by atomic mass is 16.6. The molecule has 1 unspecified atom stereocenters. The highest BCUT2D eigenvalue weighted by molar-refractivity contribution is 6.45. The van der Waals surface area contributed by atoms with E-state index in [0.717, 1.165) is 0 Å². The zero-order valence-electron chi connectivity index (χ0n) is 11.8. The third-order valence-electron chi connectivity index (χ3n) is 3.16. The largest absolute Gasteiger partial charge is 0.472 e. The van der Waals surface area contributed by atoms with Crippen LogP contribution in [0.25, 0.3) is 0 Å². The molecule has 0 rings (SSSR count). The third-order valence-corrected chi connectivity index (χ3v) is 3.16. The summed E-state index contributed by atoms with van der Waals surface area (Å²) in [6, 6.07) is 0. The maximum Gasteiger partial charge on any atom is 0.472 e. The molecule has 6 nitrogen and oxygen atoms in total. The molecule has 0 aromatic heterocycles. The normalized spacial score (nSPS) is 14.2. The Hall–Kier alpha value is -0.625. The van der Waals surface area contributed by atoms with Crippen LogP contribution in [-0.2, 0) is 14.2 Å². The lowest BCUT2D eigenvalue weighted by molar-refractivity contribution is -0.140. The first-order valence-corrected chi connectivity index (χ1v) is 5.92. The van der Waals surface area contributed by atoms with Gasteiger partial charge < -0.3 is 25.3 Å². The SMILES string of the molecule is COC(=O)CCC(N)B(O)OC(C)(C)C(C)(C)O. The van der Waals surface area contributed by atoms with E-state index in [-0.39, 0.29) is 18.8 Å². The van der Waals surface area contributed by atoms with Gasteiger partial charge in [-0.2, -0.15) is 0 Å². The number of hydrogen-bond acceptors (Lipinski definition) is 6. The molecule has 0 amide bonds. The van der Waals surface area contributed by atoms with Crippen LogP contribution in [0.1, 0.15) is 40.5 Å². The summed E-state index contributed by atoms with van der Waals surface area (Å²) in [4.78, 5) is 10.9. The fourth-order valence-electron chi connectivity index (χ4n) is 1.06. The van der Waals surface area contributed by atoms with Crippen LogP contribution < -0.4 is 5.73 Å². The Bertz CT molecular complexity index is 277. The van der Waals surface area contributed by atoms with Crippen molar-refractivity contribution in [1.82, 2.24) is 0 Å². The Labute approximate surface area is 109 Å². The van der Waals surface area contributed by atoms with Crippen molar-refractivity contribution >= 4 is 13.1 Å². The van der Waals surface area contributed by atoms with E-state index < -0.39 is 24.3 Å². The summed E-state index contributed by atoms with van der Waals surface area (Å²) in [5.74, 6) is -1.11. The zero-order chi connectivity index (χ0) is 14.6. The first-order chi connectivity index (χ1) is 8.01. The Morgan fingerprint density at radius 2 is 1.89 bits per heavy atom. The van der Waals surface area contributed by atoms with E-state index >= 15 is 0 Å². The lowest BCUT2D eigenvalue weighted by Crippen LogP contribution is -2.54. The van der Waals surface area contributed by atoms with Gasteiger partial charge in [-0.3, -0.25) is 4.79 Å². The molecular weight excluding hydrogens is 237 g/mol. The molecule has 0 heterocycles.